The van der Waals surface area contributed by atoms with Crippen LogP contribution in [0.15, 0.2) is 28.8 Å². The topological polar surface area (TPSA) is 80.5 Å². The van der Waals surface area contributed by atoms with E-state index in [1.807, 2.05) is 6.92 Å². The summed E-state index contributed by atoms with van der Waals surface area (Å²) in [5.41, 5.74) is 0.519. The summed E-state index contributed by atoms with van der Waals surface area (Å²) in [6, 6.07) is 5.28. The molecule has 0 spiro atoms. The van der Waals surface area contributed by atoms with Crippen molar-refractivity contribution < 1.29 is 18.4 Å². The number of rotatable bonds is 3. The lowest BCUT2D eigenvalue weighted by Crippen LogP contribution is -2.49. The SMILES string of the molecule is C[C@H]1CN(C(=O)N[C@H](C)c2nc(-c3cccc(F)c3)no2)CCO1. The lowest BCUT2D eigenvalue weighted by Gasteiger charge is -2.31. The fourth-order valence-electron chi connectivity index (χ4n) is 2.50. The number of ether oxygens (including phenoxy) is 1. The van der Waals surface area contributed by atoms with Gasteiger partial charge in [-0.25, -0.2) is 9.18 Å². The summed E-state index contributed by atoms with van der Waals surface area (Å²) in [6.45, 7) is 5.28. The van der Waals surface area contributed by atoms with Gasteiger partial charge in [0.15, 0.2) is 0 Å². The molecule has 1 aromatic heterocycles. The van der Waals surface area contributed by atoms with Gasteiger partial charge in [0.2, 0.25) is 11.7 Å². The number of aromatic nitrogens is 2. The van der Waals surface area contributed by atoms with Crippen molar-refractivity contribution in [3.05, 3.63) is 36.0 Å². The zero-order valence-electron chi connectivity index (χ0n) is 13.5. The maximum absolute atomic E-state index is 13.3. The Hall–Kier alpha value is -2.48. The number of carbonyl (C=O) groups excluding carboxylic acids is 1. The predicted octanol–water partition coefficient (Wildman–Crippen LogP) is 2.37. The van der Waals surface area contributed by atoms with Crippen LogP contribution in [0.3, 0.4) is 0 Å². The zero-order chi connectivity index (χ0) is 17.1. The highest BCUT2D eigenvalue weighted by molar-refractivity contribution is 5.74. The van der Waals surface area contributed by atoms with Gasteiger partial charge in [-0.1, -0.05) is 17.3 Å². The molecule has 8 heteroatoms. The van der Waals surface area contributed by atoms with Gasteiger partial charge in [-0.15, -0.1) is 0 Å². The second-order valence-electron chi connectivity index (χ2n) is 5.77. The third kappa shape index (κ3) is 3.70. The second kappa shape index (κ2) is 6.96. The molecule has 0 saturated carbocycles. The Bertz CT molecular complexity index is 721. The molecule has 1 fully saturated rings. The fraction of sp³-hybridized carbons (Fsp3) is 0.438. The van der Waals surface area contributed by atoms with Crippen LogP contribution in [0.5, 0.6) is 0 Å². The molecule has 2 aromatic rings. The van der Waals surface area contributed by atoms with Crippen molar-refractivity contribution in [1.29, 1.82) is 0 Å². The number of hydrogen-bond donors (Lipinski definition) is 1. The Balaban J connectivity index is 1.65. The van der Waals surface area contributed by atoms with Crippen LogP contribution in [-0.4, -0.2) is 46.9 Å². The highest BCUT2D eigenvalue weighted by Gasteiger charge is 2.24. The maximum atomic E-state index is 13.3. The summed E-state index contributed by atoms with van der Waals surface area (Å²) >= 11 is 0. The van der Waals surface area contributed by atoms with E-state index < -0.39 is 6.04 Å². The summed E-state index contributed by atoms with van der Waals surface area (Å²) in [4.78, 5) is 18.2. The smallest absolute Gasteiger partial charge is 0.318 e. The van der Waals surface area contributed by atoms with E-state index >= 15 is 0 Å². The Labute approximate surface area is 138 Å². The Morgan fingerprint density at radius 3 is 3.08 bits per heavy atom. The molecule has 2 atom stereocenters. The number of hydrogen-bond acceptors (Lipinski definition) is 5. The molecule has 0 bridgehead atoms. The van der Waals surface area contributed by atoms with Crippen LogP contribution < -0.4 is 5.32 Å². The van der Waals surface area contributed by atoms with Crippen LogP contribution >= 0.6 is 0 Å². The Morgan fingerprint density at radius 2 is 2.33 bits per heavy atom. The molecule has 3 rings (SSSR count). The first kappa shape index (κ1) is 16.4. The van der Waals surface area contributed by atoms with E-state index in [4.69, 9.17) is 9.26 Å². The standard InChI is InChI=1S/C16H19FN4O3/c1-10-9-21(6-7-23-10)16(22)18-11(2)15-19-14(20-24-15)12-4-3-5-13(17)8-12/h3-5,8,10-11H,6-7,9H2,1-2H3,(H,18,22)/t10-,11+/m0/s1. The Kier molecular flexibility index (Phi) is 4.75. The van der Waals surface area contributed by atoms with Gasteiger partial charge in [0.25, 0.3) is 0 Å². The zero-order valence-corrected chi connectivity index (χ0v) is 13.5. The summed E-state index contributed by atoms with van der Waals surface area (Å²) < 4.78 is 23.9. The lowest BCUT2D eigenvalue weighted by molar-refractivity contribution is -0.00392. The van der Waals surface area contributed by atoms with Gasteiger partial charge in [0.05, 0.1) is 12.7 Å². The third-order valence-corrected chi connectivity index (χ3v) is 3.76. The van der Waals surface area contributed by atoms with Crippen molar-refractivity contribution in [2.75, 3.05) is 19.7 Å². The Morgan fingerprint density at radius 1 is 1.50 bits per heavy atom. The number of halogens is 1. The molecule has 0 unspecified atom stereocenters. The van der Waals surface area contributed by atoms with Crippen molar-refractivity contribution in [3.8, 4) is 11.4 Å². The van der Waals surface area contributed by atoms with E-state index in [9.17, 15) is 9.18 Å². The molecule has 2 heterocycles. The first-order chi connectivity index (χ1) is 11.5. The number of nitrogens with one attached hydrogen (secondary N) is 1. The normalized spacial score (nSPS) is 19.1. The number of nitrogens with zero attached hydrogens (tertiary/aromatic N) is 3. The minimum absolute atomic E-state index is 0.0165. The van der Waals surface area contributed by atoms with E-state index in [-0.39, 0.29) is 29.7 Å². The molecular formula is C16H19FN4O3. The monoisotopic (exact) mass is 334 g/mol. The van der Waals surface area contributed by atoms with Crippen LogP contribution in [0, 0.1) is 5.82 Å². The molecule has 24 heavy (non-hydrogen) atoms. The number of amides is 2. The first-order valence-electron chi connectivity index (χ1n) is 7.79. The molecule has 0 radical (unpaired) electrons. The molecule has 0 aliphatic carbocycles. The van der Waals surface area contributed by atoms with Crippen molar-refractivity contribution in [1.82, 2.24) is 20.4 Å². The van der Waals surface area contributed by atoms with E-state index in [1.165, 1.54) is 12.1 Å². The summed E-state index contributed by atoms with van der Waals surface area (Å²) in [6.07, 6.45) is 0.0165. The quantitative estimate of drug-likeness (QED) is 0.932. The van der Waals surface area contributed by atoms with Crippen molar-refractivity contribution >= 4 is 6.03 Å². The van der Waals surface area contributed by atoms with Crippen molar-refractivity contribution in [2.24, 2.45) is 0 Å². The number of morpholine rings is 1. The van der Waals surface area contributed by atoms with Crippen molar-refractivity contribution in [3.63, 3.8) is 0 Å². The number of urea groups is 1. The minimum atomic E-state index is -0.453. The molecule has 128 valence electrons. The number of carbonyl (C=O) groups is 1. The summed E-state index contributed by atoms with van der Waals surface area (Å²) in [7, 11) is 0. The van der Waals surface area contributed by atoms with E-state index in [1.54, 1.807) is 24.0 Å². The number of benzene rings is 1. The third-order valence-electron chi connectivity index (χ3n) is 3.76. The van der Waals surface area contributed by atoms with Gasteiger partial charge in [0, 0.05) is 18.7 Å². The van der Waals surface area contributed by atoms with E-state index in [0.717, 1.165) is 0 Å². The molecule has 1 N–H and O–H groups in total. The fourth-order valence-corrected chi connectivity index (χ4v) is 2.50. The van der Waals surface area contributed by atoms with Gasteiger partial charge in [0.1, 0.15) is 11.9 Å². The summed E-state index contributed by atoms with van der Waals surface area (Å²) in [5, 5.41) is 6.67. The van der Waals surface area contributed by atoms with Gasteiger partial charge >= 0.3 is 6.03 Å². The summed E-state index contributed by atoms with van der Waals surface area (Å²) in [5.74, 6) is 0.177. The van der Waals surface area contributed by atoms with Gasteiger partial charge < -0.3 is 19.5 Å². The van der Waals surface area contributed by atoms with E-state index in [0.29, 0.717) is 25.3 Å². The molecule has 1 saturated heterocycles. The largest absolute Gasteiger partial charge is 0.375 e. The van der Waals surface area contributed by atoms with E-state index in [2.05, 4.69) is 15.5 Å². The molecular weight excluding hydrogens is 315 g/mol. The van der Waals surface area contributed by atoms with Crippen LogP contribution in [0.4, 0.5) is 9.18 Å². The molecule has 2 amide bonds. The molecule has 1 aliphatic heterocycles. The molecule has 1 aliphatic rings. The lowest BCUT2D eigenvalue weighted by atomic mass is 10.2. The van der Waals surface area contributed by atoms with Crippen LogP contribution in [0.1, 0.15) is 25.8 Å². The molecule has 1 aromatic carbocycles. The molecule has 7 nitrogen and oxygen atoms in total. The highest BCUT2D eigenvalue weighted by Crippen LogP contribution is 2.19. The first-order valence-corrected chi connectivity index (χ1v) is 7.79. The van der Waals surface area contributed by atoms with Crippen LogP contribution in [0.25, 0.3) is 11.4 Å². The van der Waals surface area contributed by atoms with Gasteiger partial charge in [-0.3, -0.25) is 0 Å². The van der Waals surface area contributed by atoms with Crippen molar-refractivity contribution in [2.45, 2.75) is 26.0 Å². The minimum Gasteiger partial charge on any atom is -0.375 e. The second-order valence-corrected chi connectivity index (χ2v) is 5.77. The average molecular weight is 334 g/mol. The predicted molar refractivity (Wildman–Crippen MR) is 83.6 cm³/mol. The maximum Gasteiger partial charge on any atom is 0.318 e. The highest BCUT2D eigenvalue weighted by atomic mass is 19.1. The van der Waals surface area contributed by atoms with Crippen LogP contribution in [-0.2, 0) is 4.74 Å². The van der Waals surface area contributed by atoms with Gasteiger partial charge in [-0.05, 0) is 26.0 Å². The van der Waals surface area contributed by atoms with Crippen LogP contribution in [0.2, 0.25) is 0 Å². The average Bonchev–Trinajstić information content (AvgIpc) is 3.05. The van der Waals surface area contributed by atoms with Gasteiger partial charge in [-0.2, -0.15) is 4.98 Å².